The average molecular weight is 380 g/mol. The fraction of sp³-hybridized carbons (Fsp3) is 0.458. The van der Waals surface area contributed by atoms with Crippen LogP contribution in [0.4, 0.5) is 5.69 Å². The predicted molar refractivity (Wildman–Crippen MR) is 112 cm³/mol. The van der Waals surface area contributed by atoms with Gasteiger partial charge in [-0.25, -0.2) is 0 Å². The molecule has 2 aliphatic heterocycles. The van der Waals surface area contributed by atoms with Gasteiger partial charge in [-0.05, 0) is 68.0 Å². The first-order valence-corrected chi connectivity index (χ1v) is 10.3. The monoisotopic (exact) mass is 379 g/mol. The molecule has 0 spiro atoms. The lowest BCUT2D eigenvalue weighted by Crippen LogP contribution is -2.50. The second-order valence-electron chi connectivity index (χ2n) is 8.72. The minimum absolute atomic E-state index is 0.125. The summed E-state index contributed by atoms with van der Waals surface area (Å²) in [6.45, 7) is 7.69. The third kappa shape index (κ3) is 3.60. The van der Waals surface area contributed by atoms with E-state index in [1.807, 2.05) is 0 Å². The Morgan fingerprint density at radius 3 is 2.75 bits per heavy atom. The highest BCUT2D eigenvalue weighted by atomic mass is 16.5. The standard InChI is InChI=1S/C24H29NO3/c1-4-6-16-11-21(20-9-10-24(2,3)28-22(20)12-16)17-7-5-8-19(13-17)25-14-18(15-25)23(26)27/h5,7-8,11-13,18H,4,6,9-10,14-15H2,1-3H3,(H,26,27). The van der Waals surface area contributed by atoms with Gasteiger partial charge in [0.25, 0.3) is 0 Å². The Morgan fingerprint density at radius 1 is 1.25 bits per heavy atom. The molecule has 2 heterocycles. The van der Waals surface area contributed by atoms with Crippen LogP contribution in [0.25, 0.3) is 11.1 Å². The number of fused-ring (bicyclic) bond motifs is 1. The molecule has 0 radical (unpaired) electrons. The van der Waals surface area contributed by atoms with Crippen LogP contribution in [0.3, 0.4) is 0 Å². The minimum Gasteiger partial charge on any atom is -0.488 e. The molecule has 1 fully saturated rings. The Balaban J connectivity index is 1.70. The van der Waals surface area contributed by atoms with Crippen molar-refractivity contribution >= 4 is 11.7 Å². The van der Waals surface area contributed by atoms with E-state index in [0.29, 0.717) is 13.1 Å². The van der Waals surface area contributed by atoms with E-state index >= 15 is 0 Å². The Kier molecular flexibility index (Phi) is 4.82. The average Bonchev–Trinajstić information content (AvgIpc) is 2.59. The molecule has 4 heteroatoms. The van der Waals surface area contributed by atoms with E-state index in [1.165, 1.54) is 22.3 Å². The van der Waals surface area contributed by atoms with Crippen LogP contribution in [0.1, 0.15) is 44.7 Å². The number of ether oxygens (including phenoxy) is 1. The lowest BCUT2D eigenvalue weighted by molar-refractivity contribution is -0.142. The SMILES string of the molecule is CCCc1cc2c(c(-c3cccc(N4CC(C(=O)O)C4)c3)c1)CCC(C)(C)O2. The van der Waals surface area contributed by atoms with Crippen LogP contribution in [0, 0.1) is 5.92 Å². The molecule has 1 N–H and O–H groups in total. The molecule has 0 saturated carbocycles. The second kappa shape index (κ2) is 7.16. The number of carbonyl (C=O) groups is 1. The molecule has 0 bridgehead atoms. The van der Waals surface area contributed by atoms with Gasteiger partial charge in [-0.3, -0.25) is 4.79 Å². The number of rotatable bonds is 5. The fourth-order valence-electron chi connectivity index (χ4n) is 4.23. The largest absolute Gasteiger partial charge is 0.488 e. The number of anilines is 1. The molecule has 0 aliphatic carbocycles. The van der Waals surface area contributed by atoms with Gasteiger partial charge in [-0.1, -0.05) is 31.5 Å². The van der Waals surface area contributed by atoms with Crippen molar-refractivity contribution in [1.29, 1.82) is 0 Å². The summed E-state index contributed by atoms with van der Waals surface area (Å²) in [4.78, 5) is 13.3. The van der Waals surface area contributed by atoms with Crippen molar-refractivity contribution < 1.29 is 14.6 Å². The van der Waals surface area contributed by atoms with Gasteiger partial charge in [0, 0.05) is 24.3 Å². The quantitative estimate of drug-likeness (QED) is 0.800. The van der Waals surface area contributed by atoms with Gasteiger partial charge in [-0.2, -0.15) is 0 Å². The van der Waals surface area contributed by atoms with Gasteiger partial charge < -0.3 is 14.7 Å². The summed E-state index contributed by atoms with van der Waals surface area (Å²) < 4.78 is 6.34. The van der Waals surface area contributed by atoms with Crippen LogP contribution >= 0.6 is 0 Å². The second-order valence-corrected chi connectivity index (χ2v) is 8.72. The fourth-order valence-corrected chi connectivity index (χ4v) is 4.23. The lowest BCUT2D eigenvalue weighted by Gasteiger charge is -2.39. The molecular formula is C24H29NO3. The van der Waals surface area contributed by atoms with E-state index in [9.17, 15) is 4.79 Å². The number of carboxylic acid groups (broad SMARTS) is 1. The van der Waals surface area contributed by atoms with Crippen LogP contribution in [-0.4, -0.2) is 29.8 Å². The Morgan fingerprint density at radius 2 is 2.04 bits per heavy atom. The van der Waals surface area contributed by atoms with Crippen LogP contribution < -0.4 is 9.64 Å². The summed E-state index contributed by atoms with van der Waals surface area (Å²) in [7, 11) is 0. The van der Waals surface area contributed by atoms with Crippen molar-refractivity contribution in [3.63, 3.8) is 0 Å². The normalized spacial score (nSPS) is 18.2. The highest BCUT2D eigenvalue weighted by molar-refractivity contribution is 5.77. The highest BCUT2D eigenvalue weighted by Crippen LogP contribution is 2.41. The zero-order chi connectivity index (χ0) is 19.9. The Labute approximate surface area is 167 Å². The van der Waals surface area contributed by atoms with E-state index in [0.717, 1.165) is 37.1 Å². The molecule has 2 aromatic carbocycles. The maximum atomic E-state index is 11.1. The van der Waals surface area contributed by atoms with Crippen LogP contribution in [0.15, 0.2) is 36.4 Å². The van der Waals surface area contributed by atoms with Crippen LogP contribution in [-0.2, 0) is 17.6 Å². The van der Waals surface area contributed by atoms with Gasteiger partial charge >= 0.3 is 5.97 Å². The van der Waals surface area contributed by atoms with Crippen molar-refractivity contribution in [3.8, 4) is 16.9 Å². The van der Waals surface area contributed by atoms with Crippen molar-refractivity contribution in [3.05, 3.63) is 47.5 Å². The van der Waals surface area contributed by atoms with Gasteiger partial charge in [0.05, 0.1) is 5.92 Å². The number of aliphatic carboxylic acids is 1. The van der Waals surface area contributed by atoms with Gasteiger partial charge in [-0.15, -0.1) is 0 Å². The molecule has 2 aliphatic rings. The van der Waals surface area contributed by atoms with E-state index in [2.05, 4.69) is 62.1 Å². The van der Waals surface area contributed by atoms with Crippen LogP contribution in [0.5, 0.6) is 5.75 Å². The van der Waals surface area contributed by atoms with E-state index in [-0.39, 0.29) is 11.5 Å². The minimum atomic E-state index is -0.700. The number of aryl methyl sites for hydroxylation is 1. The van der Waals surface area contributed by atoms with Crippen molar-refractivity contribution in [2.24, 2.45) is 5.92 Å². The maximum absolute atomic E-state index is 11.1. The molecule has 28 heavy (non-hydrogen) atoms. The zero-order valence-corrected chi connectivity index (χ0v) is 17.0. The molecule has 1 saturated heterocycles. The smallest absolute Gasteiger partial charge is 0.310 e. The van der Waals surface area contributed by atoms with Crippen molar-refractivity contribution in [2.75, 3.05) is 18.0 Å². The summed E-state index contributed by atoms with van der Waals surface area (Å²) in [6, 6.07) is 13.0. The molecule has 2 aromatic rings. The molecule has 0 aromatic heterocycles. The Hall–Kier alpha value is -2.49. The Bertz CT molecular complexity index is 897. The van der Waals surface area contributed by atoms with E-state index in [1.54, 1.807) is 0 Å². The molecule has 0 unspecified atom stereocenters. The summed E-state index contributed by atoms with van der Waals surface area (Å²) in [5, 5.41) is 9.15. The van der Waals surface area contributed by atoms with Gasteiger partial charge in [0.15, 0.2) is 0 Å². The molecule has 4 nitrogen and oxygen atoms in total. The molecule has 148 valence electrons. The number of hydrogen-bond donors (Lipinski definition) is 1. The highest BCUT2D eigenvalue weighted by Gasteiger charge is 2.33. The summed E-state index contributed by atoms with van der Waals surface area (Å²) in [6.07, 6.45) is 4.16. The third-order valence-electron chi connectivity index (χ3n) is 5.92. The molecular weight excluding hydrogens is 350 g/mol. The number of nitrogens with zero attached hydrogens (tertiary/aromatic N) is 1. The number of hydrogen-bond acceptors (Lipinski definition) is 3. The van der Waals surface area contributed by atoms with Crippen molar-refractivity contribution in [2.45, 2.75) is 52.1 Å². The first kappa shape index (κ1) is 18.9. The third-order valence-corrected chi connectivity index (χ3v) is 5.92. The summed E-state index contributed by atoms with van der Waals surface area (Å²) in [5.74, 6) is 0.0749. The topological polar surface area (TPSA) is 49.8 Å². The molecule has 0 amide bonds. The predicted octanol–water partition coefficient (Wildman–Crippen LogP) is 4.93. The number of carboxylic acids is 1. The van der Waals surface area contributed by atoms with Crippen molar-refractivity contribution in [1.82, 2.24) is 0 Å². The van der Waals surface area contributed by atoms with Gasteiger partial charge in [0.1, 0.15) is 11.4 Å². The van der Waals surface area contributed by atoms with E-state index in [4.69, 9.17) is 9.84 Å². The first-order chi connectivity index (χ1) is 13.4. The molecule has 4 rings (SSSR count). The van der Waals surface area contributed by atoms with E-state index < -0.39 is 5.97 Å². The zero-order valence-electron chi connectivity index (χ0n) is 17.0. The summed E-state index contributed by atoms with van der Waals surface area (Å²) in [5.41, 5.74) is 6.03. The molecule has 0 atom stereocenters. The first-order valence-electron chi connectivity index (χ1n) is 10.3. The summed E-state index contributed by atoms with van der Waals surface area (Å²) >= 11 is 0. The van der Waals surface area contributed by atoms with Gasteiger partial charge in [0.2, 0.25) is 0 Å². The maximum Gasteiger partial charge on any atom is 0.310 e. The lowest BCUT2D eigenvalue weighted by atomic mass is 9.87. The van der Waals surface area contributed by atoms with Crippen LogP contribution in [0.2, 0.25) is 0 Å². The number of benzene rings is 2.